The van der Waals surface area contributed by atoms with Crippen LogP contribution < -0.4 is 11.1 Å². The zero-order chi connectivity index (χ0) is 12.7. The zero-order valence-electron chi connectivity index (χ0n) is 10.0. The third-order valence-corrected chi connectivity index (χ3v) is 2.05. The number of rotatable bonds is 3. The zero-order valence-corrected chi connectivity index (χ0v) is 10.0. The minimum atomic E-state index is -0.202. The summed E-state index contributed by atoms with van der Waals surface area (Å²) >= 11 is 0. The minimum Gasteiger partial charge on any atom is -0.375 e. The van der Waals surface area contributed by atoms with Crippen molar-refractivity contribution in [3.8, 4) is 11.8 Å². The molecule has 0 aromatic heterocycles. The fourth-order valence-corrected chi connectivity index (χ4v) is 1.33. The van der Waals surface area contributed by atoms with Gasteiger partial charge >= 0.3 is 0 Å². The first-order valence-electron chi connectivity index (χ1n) is 5.25. The van der Waals surface area contributed by atoms with Gasteiger partial charge in [0.15, 0.2) is 0 Å². The predicted molar refractivity (Wildman–Crippen MR) is 67.6 cm³/mol. The van der Waals surface area contributed by atoms with E-state index in [9.17, 15) is 4.79 Å². The molecule has 90 valence electrons. The number of nitrogens with two attached hydrogens (primary N) is 1. The molecule has 0 spiro atoms. The molecule has 0 atom stereocenters. The fourth-order valence-electron chi connectivity index (χ4n) is 1.33. The Hall–Kier alpha value is -1.83. The number of methoxy groups -OCH3 is 1. The number of benzene rings is 1. The molecule has 0 bridgehead atoms. The van der Waals surface area contributed by atoms with Crippen LogP contribution in [-0.2, 0) is 9.53 Å². The molecule has 1 amide bonds. The number of carbonyl (C=O) groups is 1. The van der Waals surface area contributed by atoms with Crippen LogP contribution in [0.1, 0.15) is 11.1 Å². The molecular weight excluding hydrogens is 216 g/mol. The lowest BCUT2D eigenvalue weighted by molar-refractivity contribution is -0.119. The quantitative estimate of drug-likeness (QED) is 0.761. The summed E-state index contributed by atoms with van der Waals surface area (Å²) in [6.07, 6.45) is 0. The van der Waals surface area contributed by atoms with E-state index in [1.807, 2.05) is 25.1 Å². The van der Waals surface area contributed by atoms with Crippen molar-refractivity contribution >= 4 is 11.6 Å². The predicted octanol–water partition coefficient (Wildman–Crippen LogP) is 0.890. The summed E-state index contributed by atoms with van der Waals surface area (Å²) in [7, 11) is 1.48. The highest BCUT2D eigenvalue weighted by molar-refractivity contribution is 5.93. The molecule has 0 fully saturated rings. The molecule has 3 N–H and O–H groups in total. The maximum Gasteiger partial charge on any atom is 0.250 e. The average molecular weight is 232 g/mol. The van der Waals surface area contributed by atoms with E-state index in [0.29, 0.717) is 12.2 Å². The SMILES string of the molecule is COCC(=O)Nc1ccc(C)cc1C#CCN. The first-order chi connectivity index (χ1) is 8.17. The number of aryl methyl sites for hydroxylation is 1. The first-order valence-corrected chi connectivity index (χ1v) is 5.25. The summed E-state index contributed by atoms with van der Waals surface area (Å²) in [6, 6.07) is 5.64. The number of hydrogen-bond acceptors (Lipinski definition) is 3. The summed E-state index contributed by atoms with van der Waals surface area (Å²) in [4.78, 5) is 11.4. The van der Waals surface area contributed by atoms with Crippen molar-refractivity contribution in [1.29, 1.82) is 0 Å². The molecule has 0 aliphatic heterocycles. The van der Waals surface area contributed by atoms with Gasteiger partial charge in [0.05, 0.1) is 12.2 Å². The lowest BCUT2D eigenvalue weighted by Gasteiger charge is -2.07. The van der Waals surface area contributed by atoms with Gasteiger partial charge in [-0.15, -0.1) is 0 Å². The Morgan fingerprint density at radius 1 is 1.53 bits per heavy atom. The molecule has 0 heterocycles. The normalized spacial score (nSPS) is 9.35. The van der Waals surface area contributed by atoms with Crippen LogP contribution in [0.15, 0.2) is 18.2 Å². The van der Waals surface area contributed by atoms with Gasteiger partial charge in [0.25, 0.3) is 0 Å². The second-order valence-corrected chi connectivity index (χ2v) is 3.54. The highest BCUT2D eigenvalue weighted by Gasteiger charge is 2.05. The van der Waals surface area contributed by atoms with Crippen LogP contribution in [0.5, 0.6) is 0 Å². The molecule has 1 rings (SSSR count). The van der Waals surface area contributed by atoms with Gasteiger partial charge in [-0.05, 0) is 24.6 Å². The fraction of sp³-hybridized carbons (Fsp3) is 0.308. The van der Waals surface area contributed by atoms with E-state index in [-0.39, 0.29) is 12.5 Å². The van der Waals surface area contributed by atoms with Gasteiger partial charge in [-0.25, -0.2) is 0 Å². The smallest absolute Gasteiger partial charge is 0.250 e. The van der Waals surface area contributed by atoms with Crippen molar-refractivity contribution in [2.24, 2.45) is 5.73 Å². The summed E-state index contributed by atoms with van der Waals surface area (Å²) in [6.45, 7) is 2.28. The lowest BCUT2D eigenvalue weighted by Crippen LogP contribution is -2.17. The Kier molecular flexibility index (Phi) is 5.21. The van der Waals surface area contributed by atoms with Crippen LogP contribution in [0.4, 0.5) is 5.69 Å². The topological polar surface area (TPSA) is 64.3 Å². The van der Waals surface area contributed by atoms with Crippen LogP contribution >= 0.6 is 0 Å². The van der Waals surface area contributed by atoms with E-state index in [1.165, 1.54) is 7.11 Å². The number of nitrogens with one attached hydrogen (secondary N) is 1. The molecule has 4 nitrogen and oxygen atoms in total. The standard InChI is InChI=1S/C13H16N2O2/c1-10-5-6-12(15-13(16)9-17-2)11(8-10)4-3-7-14/h5-6,8H,7,9,14H2,1-2H3,(H,15,16). The van der Waals surface area contributed by atoms with Crippen LogP contribution in [0.25, 0.3) is 0 Å². The van der Waals surface area contributed by atoms with Crippen molar-refractivity contribution in [3.63, 3.8) is 0 Å². The molecule has 0 saturated heterocycles. The third-order valence-electron chi connectivity index (χ3n) is 2.05. The lowest BCUT2D eigenvalue weighted by atomic mass is 10.1. The number of hydrogen-bond donors (Lipinski definition) is 2. The molecular formula is C13H16N2O2. The Labute approximate surface area is 101 Å². The van der Waals surface area contributed by atoms with Gasteiger partial charge < -0.3 is 15.8 Å². The van der Waals surface area contributed by atoms with Gasteiger partial charge in [-0.1, -0.05) is 17.9 Å². The van der Waals surface area contributed by atoms with E-state index in [4.69, 9.17) is 10.5 Å². The minimum absolute atomic E-state index is 0.0254. The van der Waals surface area contributed by atoms with Gasteiger partial charge in [0.2, 0.25) is 5.91 Å². The van der Waals surface area contributed by atoms with Gasteiger partial charge in [0, 0.05) is 12.7 Å². The number of ether oxygens (including phenoxy) is 1. The molecule has 4 heteroatoms. The molecule has 0 aliphatic rings. The molecule has 1 aromatic carbocycles. The third kappa shape index (κ3) is 4.27. The Balaban J connectivity index is 2.94. The van der Waals surface area contributed by atoms with Crippen molar-refractivity contribution in [2.75, 3.05) is 25.6 Å². The number of anilines is 1. The maximum atomic E-state index is 11.4. The highest BCUT2D eigenvalue weighted by atomic mass is 16.5. The number of carbonyl (C=O) groups excluding carboxylic acids is 1. The summed E-state index contributed by atoms with van der Waals surface area (Å²) < 4.78 is 4.75. The first kappa shape index (κ1) is 13.2. The largest absolute Gasteiger partial charge is 0.375 e. The average Bonchev–Trinajstić information content (AvgIpc) is 2.30. The summed E-state index contributed by atoms with van der Waals surface area (Å²) in [5.74, 6) is 5.50. The molecule has 17 heavy (non-hydrogen) atoms. The van der Waals surface area contributed by atoms with E-state index in [1.54, 1.807) is 0 Å². The highest BCUT2D eigenvalue weighted by Crippen LogP contribution is 2.16. The second-order valence-electron chi connectivity index (χ2n) is 3.54. The second kappa shape index (κ2) is 6.69. The van der Waals surface area contributed by atoms with E-state index in [0.717, 1.165) is 11.1 Å². The molecule has 0 saturated carbocycles. The summed E-state index contributed by atoms with van der Waals surface area (Å²) in [5.41, 5.74) is 7.86. The maximum absolute atomic E-state index is 11.4. The van der Waals surface area contributed by atoms with Crippen molar-refractivity contribution in [3.05, 3.63) is 29.3 Å². The van der Waals surface area contributed by atoms with E-state index >= 15 is 0 Å². The molecule has 0 unspecified atom stereocenters. The van der Waals surface area contributed by atoms with Crippen LogP contribution in [0.2, 0.25) is 0 Å². The van der Waals surface area contributed by atoms with Crippen molar-refractivity contribution < 1.29 is 9.53 Å². The van der Waals surface area contributed by atoms with Crippen LogP contribution in [0, 0.1) is 18.8 Å². The van der Waals surface area contributed by atoms with E-state index < -0.39 is 0 Å². The molecule has 0 aliphatic carbocycles. The van der Waals surface area contributed by atoms with Gasteiger partial charge in [-0.2, -0.15) is 0 Å². The van der Waals surface area contributed by atoms with Gasteiger partial charge in [0.1, 0.15) is 6.61 Å². The molecule has 1 aromatic rings. The van der Waals surface area contributed by atoms with Crippen molar-refractivity contribution in [1.82, 2.24) is 0 Å². The van der Waals surface area contributed by atoms with Gasteiger partial charge in [-0.3, -0.25) is 4.79 Å². The monoisotopic (exact) mass is 232 g/mol. The Morgan fingerprint density at radius 2 is 2.29 bits per heavy atom. The number of amides is 1. The Morgan fingerprint density at radius 3 is 2.94 bits per heavy atom. The van der Waals surface area contributed by atoms with Crippen LogP contribution in [-0.4, -0.2) is 26.2 Å². The van der Waals surface area contributed by atoms with Crippen molar-refractivity contribution in [2.45, 2.75) is 6.92 Å². The summed E-state index contributed by atoms with van der Waals surface area (Å²) in [5, 5.41) is 2.74. The van der Waals surface area contributed by atoms with Crippen LogP contribution in [0.3, 0.4) is 0 Å². The Bertz CT molecular complexity index is 458. The molecule has 0 radical (unpaired) electrons. The van der Waals surface area contributed by atoms with E-state index in [2.05, 4.69) is 17.2 Å².